The van der Waals surface area contributed by atoms with E-state index in [1.807, 2.05) is 29.2 Å². The minimum atomic E-state index is -0.305. The first-order valence-electron chi connectivity index (χ1n) is 9.55. The van der Waals surface area contributed by atoms with Crippen molar-refractivity contribution in [2.24, 2.45) is 0 Å². The maximum absolute atomic E-state index is 14.0. The molecule has 0 radical (unpaired) electrons. The van der Waals surface area contributed by atoms with Gasteiger partial charge in [-0.3, -0.25) is 4.79 Å². The van der Waals surface area contributed by atoms with Crippen LogP contribution in [0.5, 0.6) is 0 Å². The van der Waals surface area contributed by atoms with Crippen molar-refractivity contribution in [2.75, 3.05) is 13.1 Å². The van der Waals surface area contributed by atoms with Crippen molar-refractivity contribution >= 4 is 28.2 Å². The van der Waals surface area contributed by atoms with Crippen LogP contribution in [0.3, 0.4) is 0 Å². The van der Waals surface area contributed by atoms with Crippen LogP contribution in [0.15, 0.2) is 59.0 Å². The second-order valence-corrected chi connectivity index (χ2v) is 8.17. The maximum Gasteiger partial charge on any atom is 0.289 e. The molecular formula is C22H18FN3O2S. The molecule has 5 rings (SSSR count). The summed E-state index contributed by atoms with van der Waals surface area (Å²) in [7, 11) is 0. The normalized spacial score (nSPS) is 17.0. The van der Waals surface area contributed by atoms with Crippen molar-refractivity contribution in [1.29, 1.82) is 0 Å². The summed E-state index contributed by atoms with van der Waals surface area (Å²) in [5.41, 5.74) is 1.17. The minimum absolute atomic E-state index is 0.0927. The van der Waals surface area contributed by atoms with Gasteiger partial charge in [-0.25, -0.2) is 4.39 Å². The Morgan fingerprint density at radius 3 is 2.83 bits per heavy atom. The molecule has 0 N–H and O–H groups in total. The number of benzene rings is 2. The van der Waals surface area contributed by atoms with Gasteiger partial charge < -0.3 is 9.32 Å². The van der Waals surface area contributed by atoms with E-state index in [1.165, 1.54) is 17.4 Å². The molecule has 1 aliphatic heterocycles. The van der Waals surface area contributed by atoms with Crippen LogP contribution in [0.1, 0.15) is 34.3 Å². The number of carbonyl (C=O) groups is 1. The molecule has 2 aromatic carbocycles. The summed E-state index contributed by atoms with van der Waals surface area (Å²) in [5.74, 6) is 0.0385. The van der Waals surface area contributed by atoms with E-state index in [-0.39, 0.29) is 17.6 Å². The molecule has 1 saturated heterocycles. The highest BCUT2D eigenvalue weighted by atomic mass is 32.1. The van der Waals surface area contributed by atoms with Gasteiger partial charge in [0.05, 0.1) is 0 Å². The Morgan fingerprint density at radius 1 is 1.14 bits per heavy atom. The fourth-order valence-electron chi connectivity index (χ4n) is 3.75. The van der Waals surface area contributed by atoms with Crippen molar-refractivity contribution in [1.82, 2.24) is 15.1 Å². The van der Waals surface area contributed by atoms with Crippen molar-refractivity contribution in [3.8, 4) is 10.6 Å². The number of rotatable bonds is 3. The zero-order chi connectivity index (χ0) is 19.8. The molecule has 7 heteroatoms. The van der Waals surface area contributed by atoms with Crippen LogP contribution in [-0.4, -0.2) is 34.1 Å². The number of carbonyl (C=O) groups excluding carboxylic acids is 1. The van der Waals surface area contributed by atoms with Gasteiger partial charge in [0.2, 0.25) is 0 Å². The lowest BCUT2D eigenvalue weighted by atomic mass is 9.98. The van der Waals surface area contributed by atoms with Gasteiger partial charge in [0.1, 0.15) is 16.4 Å². The van der Waals surface area contributed by atoms with Crippen LogP contribution in [-0.2, 0) is 0 Å². The molecular weight excluding hydrogens is 389 g/mol. The molecule has 1 aliphatic rings. The third-order valence-corrected chi connectivity index (χ3v) is 6.36. The maximum atomic E-state index is 14.0. The predicted octanol–water partition coefficient (Wildman–Crippen LogP) is 5.11. The topological polar surface area (TPSA) is 59.2 Å². The quantitative estimate of drug-likeness (QED) is 0.473. The van der Waals surface area contributed by atoms with Gasteiger partial charge in [-0.1, -0.05) is 41.7 Å². The summed E-state index contributed by atoms with van der Waals surface area (Å²) in [4.78, 5) is 14.8. The number of nitrogens with zero attached hydrogens (tertiary/aromatic N) is 3. The summed E-state index contributed by atoms with van der Waals surface area (Å²) in [6.07, 6.45) is 1.81. The number of likely N-dealkylation sites (tertiary alicyclic amines) is 1. The lowest BCUT2D eigenvalue weighted by Crippen LogP contribution is -2.38. The van der Waals surface area contributed by atoms with Crippen LogP contribution >= 0.6 is 11.3 Å². The third-order valence-electron chi connectivity index (χ3n) is 5.24. The molecule has 3 heterocycles. The Balaban J connectivity index is 1.35. The fraction of sp³-hybridized carbons (Fsp3) is 0.227. The van der Waals surface area contributed by atoms with Crippen molar-refractivity contribution in [3.63, 3.8) is 0 Å². The molecule has 1 unspecified atom stereocenters. The number of hydrogen-bond donors (Lipinski definition) is 0. The van der Waals surface area contributed by atoms with E-state index in [0.29, 0.717) is 35.0 Å². The molecule has 29 heavy (non-hydrogen) atoms. The van der Waals surface area contributed by atoms with Crippen LogP contribution < -0.4 is 0 Å². The zero-order valence-corrected chi connectivity index (χ0v) is 16.4. The highest BCUT2D eigenvalue weighted by molar-refractivity contribution is 7.14. The molecule has 0 saturated carbocycles. The number of piperidine rings is 1. The van der Waals surface area contributed by atoms with Gasteiger partial charge in [-0.15, -0.1) is 10.2 Å². The number of aromatic nitrogens is 2. The first-order valence-corrected chi connectivity index (χ1v) is 10.4. The summed E-state index contributed by atoms with van der Waals surface area (Å²) in [6, 6.07) is 16.0. The van der Waals surface area contributed by atoms with Gasteiger partial charge in [-0.2, -0.15) is 0 Å². The molecule has 1 fully saturated rings. The molecule has 0 aliphatic carbocycles. The van der Waals surface area contributed by atoms with Crippen molar-refractivity contribution in [3.05, 3.63) is 71.2 Å². The van der Waals surface area contributed by atoms with Crippen LogP contribution in [0.2, 0.25) is 0 Å². The van der Waals surface area contributed by atoms with E-state index < -0.39 is 0 Å². The minimum Gasteiger partial charge on any atom is -0.451 e. The second kappa shape index (κ2) is 7.40. The summed E-state index contributed by atoms with van der Waals surface area (Å²) >= 11 is 1.40. The smallest absolute Gasteiger partial charge is 0.289 e. The molecule has 0 bridgehead atoms. The average molecular weight is 407 g/mol. The average Bonchev–Trinajstić information content (AvgIpc) is 3.41. The monoisotopic (exact) mass is 407 g/mol. The highest BCUT2D eigenvalue weighted by Gasteiger charge is 2.29. The lowest BCUT2D eigenvalue weighted by molar-refractivity contribution is 0.0677. The number of furan rings is 1. The van der Waals surface area contributed by atoms with Gasteiger partial charge in [0.15, 0.2) is 10.8 Å². The third kappa shape index (κ3) is 3.42. The van der Waals surface area contributed by atoms with E-state index in [4.69, 9.17) is 4.42 Å². The van der Waals surface area contributed by atoms with Crippen molar-refractivity contribution in [2.45, 2.75) is 18.8 Å². The van der Waals surface area contributed by atoms with Gasteiger partial charge in [0, 0.05) is 30.0 Å². The molecule has 1 amide bonds. The Morgan fingerprint density at radius 2 is 1.97 bits per heavy atom. The molecule has 4 aromatic rings. The number of fused-ring (bicyclic) bond motifs is 1. The first kappa shape index (κ1) is 18.0. The highest BCUT2D eigenvalue weighted by Crippen LogP contribution is 2.34. The van der Waals surface area contributed by atoms with E-state index in [9.17, 15) is 9.18 Å². The summed E-state index contributed by atoms with van der Waals surface area (Å²) in [6.45, 7) is 1.24. The summed E-state index contributed by atoms with van der Waals surface area (Å²) in [5, 5.41) is 10.8. The predicted molar refractivity (Wildman–Crippen MR) is 109 cm³/mol. The number of amides is 1. The van der Waals surface area contributed by atoms with Crippen LogP contribution in [0.4, 0.5) is 4.39 Å². The van der Waals surface area contributed by atoms with Crippen LogP contribution in [0, 0.1) is 5.82 Å². The second-order valence-electron chi connectivity index (χ2n) is 7.16. The lowest BCUT2D eigenvalue weighted by Gasteiger charge is -2.30. The number of hydrogen-bond acceptors (Lipinski definition) is 5. The Kier molecular flexibility index (Phi) is 4.60. The van der Waals surface area contributed by atoms with E-state index in [2.05, 4.69) is 10.2 Å². The summed E-state index contributed by atoms with van der Waals surface area (Å²) < 4.78 is 19.8. The van der Waals surface area contributed by atoms with Crippen LogP contribution in [0.25, 0.3) is 21.5 Å². The zero-order valence-electron chi connectivity index (χ0n) is 15.5. The SMILES string of the molecule is O=C(c1cc2ccccc2o1)N1CCCC(c2nnc(-c3ccccc3F)s2)C1. The molecule has 1 atom stereocenters. The molecule has 2 aromatic heterocycles. The Labute approximate surface area is 170 Å². The standard InChI is InChI=1S/C22H18FN3O2S/c23-17-9-3-2-8-16(17)21-25-24-20(29-21)15-7-5-11-26(13-15)22(27)19-12-14-6-1-4-10-18(14)28-19/h1-4,6,8-10,12,15H,5,7,11,13H2. The van der Waals surface area contributed by atoms with Crippen molar-refractivity contribution < 1.29 is 13.6 Å². The van der Waals surface area contributed by atoms with Gasteiger partial charge in [0.25, 0.3) is 5.91 Å². The van der Waals surface area contributed by atoms with Gasteiger partial charge in [-0.05, 0) is 37.1 Å². The Hall–Kier alpha value is -3.06. The Bertz CT molecular complexity index is 1150. The fourth-order valence-corrected chi connectivity index (χ4v) is 4.75. The molecule has 5 nitrogen and oxygen atoms in total. The molecule has 0 spiro atoms. The number of para-hydroxylation sites is 1. The van der Waals surface area contributed by atoms with E-state index in [1.54, 1.807) is 24.3 Å². The van der Waals surface area contributed by atoms with Gasteiger partial charge >= 0.3 is 0 Å². The van der Waals surface area contributed by atoms with E-state index >= 15 is 0 Å². The number of halogens is 1. The van der Waals surface area contributed by atoms with E-state index in [0.717, 1.165) is 23.2 Å². The molecule has 146 valence electrons. The largest absolute Gasteiger partial charge is 0.451 e. The first-order chi connectivity index (χ1) is 14.2.